The Bertz CT molecular complexity index is 324. The second-order valence-corrected chi connectivity index (χ2v) is 4.99. The lowest BCUT2D eigenvalue weighted by Gasteiger charge is -2.18. The van der Waals surface area contributed by atoms with Crippen LogP contribution in [0.4, 0.5) is 0 Å². The number of rotatable bonds is 2. The minimum absolute atomic E-state index is 0.556. The number of hydrogen-bond acceptors (Lipinski definition) is 1. The van der Waals surface area contributed by atoms with Crippen LogP contribution in [0.2, 0.25) is 0 Å². The molecule has 0 aliphatic heterocycles. The molecule has 14 heavy (non-hydrogen) atoms. The van der Waals surface area contributed by atoms with Gasteiger partial charge in [-0.3, -0.25) is 0 Å². The van der Waals surface area contributed by atoms with E-state index in [2.05, 4.69) is 59.4 Å². The van der Waals surface area contributed by atoms with Crippen molar-refractivity contribution < 1.29 is 0 Å². The molecule has 0 aliphatic rings. The van der Waals surface area contributed by atoms with Crippen molar-refractivity contribution in [1.82, 2.24) is 0 Å². The molecule has 78 valence electrons. The SMILES string of the molecule is Cc1ccc(C(C)C)c(S)c1C(C)C. The van der Waals surface area contributed by atoms with Gasteiger partial charge in [0.15, 0.2) is 0 Å². The topological polar surface area (TPSA) is 0 Å². The number of hydrogen-bond donors (Lipinski definition) is 1. The third-order valence-electron chi connectivity index (χ3n) is 2.67. The van der Waals surface area contributed by atoms with E-state index in [0.717, 1.165) is 0 Å². The second kappa shape index (κ2) is 4.39. The van der Waals surface area contributed by atoms with Gasteiger partial charge in [-0.15, -0.1) is 12.6 Å². The minimum Gasteiger partial charge on any atom is -0.143 e. The van der Waals surface area contributed by atoms with Crippen molar-refractivity contribution >= 4 is 12.6 Å². The molecule has 0 bridgehead atoms. The van der Waals surface area contributed by atoms with Gasteiger partial charge < -0.3 is 0 Å². The van der Waals surface area contributed by atoms with Gasteiger partial charge in [-0.2, -0.15) is 0 Å². The molecule has 0 radical (unpaired) electrons. The third-order valence-corrected chi connectivity index (χ3v) is 3.16. The lowest BCUT2D eigenvalue weighted by atomic mass is 9.92. The Morgan fingerprint density at radius 2 is 1.57 bits per heavy atom. The fraction of sp³-hybridized carbons (Fsp3) is 0.538. The molecule has 0 aliphatic carbocycles. The predicted octanol–water partition coefficient (Wildman–Crippen LogP) is 4.53. The Balaban J connectivity index is 3.34. The Labute approximate surface area is 93.1 Å². The van der Waals surface area contributed by atoms with E-state index < -0.39 is 0 Å². The number of aryl methyl sites for hydroxylation is 1. The zero-order valence-corrected chi connectivity index (χ0v) is 10.7. The van der Waals surface area contributed by atoms with Crippen LogP contribution in [-0.2, 0) is 0 Å². The Morgan fingerprint density at radius 3 is 2.00 bits per heavy atom. The van der Waals surface area contributed by atoms with E-state index in [1.165, 1.54) is 21.6 Å². The maximum atomic E-state index is 4.66. The molecule has 0 atom stereocenters. The average Bonchev–Trinajstić information content (AvgIpc) is 2.02. The molecular weight excluding hydrogens is 188 g/mol. The first-order valence-electron chi connectivity index (χ1n) is 5.27. The summed E-state index contributed by atoms with van der Waals surface area (Å²) in [6, 6.07) is 4.42. The fourth-order valence-electron chi connectivity index (χ4n) is 1.92. The predicted molar refractivity (Wildman–Crippen MR) is 66.6 cm³/mol. The molecule has 0 amide bonds. The molecular formula is C13H20S. The van der Waals surface area contributed by atoms with Gasteiger partial charge in [0.25, 0.3) is 0 Å². The second-order valence-electron chi connectivity index (χ2n) is 4.54. The third kappa shape index (κ3) is 2.14. The molecule has 0 unspecified atom stereocenters. The summed E-state index contributed by atoms with van der Waals surface area (Å²) in [6.07, 6.45) is 0. The smallest absolute Gasteiger partial charge is 0.0112 e. The van der Waals surface area contributed by atoms with Gasteiger partial charge >= 0.3 is 0 Å². The quantitative estimate of drug-likeness (QED) is 0.678. The van der Waals surface area contributed by atoms with Crippen LogP contribution < -0.4 is 0 Å². The fourth-order valence-corrected chi connectivity index (χ4v) is 2.69. The van der Waals surface area contributed by atoms with Crippen LogP contribution in [0.25, 0.3) is 0 Å². The molecule has 1 aromatic rings. The van der Waals surface area contributed by atoms with Crippen molar-refractivity contribution in [3.8, 4) is 0 Å². The molecule has 1 rings (SSSR count). The minimum atomic E-state index is 0.556. The summed E-state index contributed by atoms with van der Waals surface area (Å²) in [6.45, 7) is 11.1. The Hall–Kier alpha value is -0.430. The lowest BCUT2D eigenvalue weighted by molar-refractivity contribution is 0.788. The van der Waals surface area contributed by atoms with Gasteiger partial charge in [0.1, 0.15) is 0 Å². The van der Waals surface area contributed by atoms with Gasteiger partial charge in [0, 0.05) is 4.90 Å². The van der Waals surface area contributed by atoms with Crippen LogP contribution in [0.1, 0.15) is 56.2 Å². The van der Waals surface area contributed by atoms with Gasteiger partial charge in [-0.1, -0.05) is 39.8 Å². The molecule has 0 nitrogen and oxygen atoms in total. The molecule has 0 spiro atoms. The summed E-state index contributed by atoms with van der Waals surface area (Å²) < 4.78 is 0. The van der Waals surface area contributed by atoms with E-state index in [4.69, 9.17) is 0 Å². The molecule has 0 saturated heterocycles. The van der Waals surface area contributed by atoms with E-state index in [1.807, 2.05) is 0 Å². The zero-order chi connectivity index (χ0) is 10.9. The summed E-state index contributed by atoms with van der Waals surface area (Å²) in [5.74, 6) is 1.11. The van der Waals surface area contributed by atoms with E-state index in [0.29, 0.717) is 11.8 Å². The number of thiol groups is 1. The maximum absolute atomic E-state index is 4.66. The molecule has 0 N–H and O–H groups in total. The van der Waals surface area contributed by atoms with E-state index in [9.17, 15) is 0 Å². The van der Waals surface area contributed by atoms with Crippen LogP contribution in [0, 0.1) is 6.92 Å². The van der Waals surface area contributed by atoms with Crippen LogP contribution in [0.15, 0.2) is 17.0 Å². The highest BCUT2D eigenvalue weighted by Crippen LogP contribution is 2.32. The Kier molecular flexibility index (Phi) is 3.65. The first-order valence-corrected chi connectivity index (χ1v) is 5.72. The van der Waals surface area contributed by atoms with Gasteiger partial charge in [0.05, 0.1) is 0 Å². The van der Waals surface area contributed by atoms with E-state index in [-0.39, 0.29) is 0 Å². The van der Waals surface area contributed by atoms with Crippen LogP contribution in [0.5, 0.6) is 0 Å². The molecule has 0 heterocycles. The Morgan fingerprint density at radius 1 is 1.00 bits per heavy atom. The summed E-state index contributed by atoms with van der Waals surface area (Å²) >= 11 is 4.66. The molecule has 0 aromatic heterocycles. The van der Waals surface area contributed by atoms with Crippen molar-refractivity contribution in [3.05, 3.63) is 28.8 Å². The molecule has 0 fully saturated rings. The number of benzene rings is 1. The highest BCUT2D eigenvalue weighted by molar-refractivity contribution is 7.80. The molecule has 1 aromatic carbocycles. The summed E-state index contributed by atoms with van der Waals surface area (Å²) in [5, 5.41) is 0. The highest BCUT2D eigenvalue weighted by Gasteiger charge is 2.12. The van der Waals surface area contributed by atoms with Crippen molar-refractivity contribution in [2.45, 2.75) is 51.3 Å². The summed E-state index contributed by atoms with van der Waals surface area (Å²) in [5.41, 5.74) is 4.12. The first-order chi connectivity index (χ1) is 6.45. The van der Waals surface area contributed by atoms with Crippen molar-refractivity contribution in [3.63, 3.8) is 0 Å². The zero-order valence-electron chi connectivity index (χ0n) is 9.76. The summed E-state index contributed by atoms with van der Waals surface area (Å²) in [7, 11) is 0. The van der Waals surface area contributed by atoms with Gasteiger partial charge in [-0.25, -0.2) is 0 Å². The average molecular weight is 208 g/mol. The van der Waals surface area contributed by atoms with Crippen molar-refractivity contribution in [1.29, 1.82) is 0 Å². The van der Waals surface area contributed by atoms with Crippen LogP contribution >= 0.6 is 12.6 Å². The highest BCUT2D eigenvalue weighted by atomic mass is 32.1. The molecule has 1 heteroatoms. The molecule has 0 saturated carbocycles. The maximum Gasteiger partial charge on any atom is 0.0112 e. The van der Waals surface area contributed by atoms with Crippen LogP contribution in [-0.4, -0.2) is 0 Å². The van der Waals surface area contributed by atoms with Crippen LogP contribution in [0.3, 0.4) is 0 Å². The van der Waals surface area contributed by atoms with Crippen molar-refractivity contribution in [2.24, 2.45) is 0 Å². The standard InChI is InChI=1S/C13H20S/c1-8(2)11-7-6-10(5)12(9(3)4)13(11)14/h6-9,14H,1-5H3. The van der Waals surface area contributed by atoms with Gasteiger partial charge in [-0.05, 0) is 35.4 Å². The first kappa shape index (κ1) is 11.6. The monoisotopic (exact) mass is 208 g/mol. The lowest BCUT2D eigenvalue weighted by Crippen LogP contribution is -1.99. The van der Waals surface area contributed by atoms with Gasteiger partial charge in [0.2, 0.25) is 0 Å². The largest absolute Gasteiger partial charge is 0.143 e. The van der Waals surface area contributed by atoms with E-state index >= 15 is 0 Å². The van der Waals surface area contributed by atoms with Crippen molar-refractivity contribution in [2.75, 3.05) is 0 Å². The normalized spacial score (nSPS) is 11.4. The summed E-state index contributed by atoms with van der Waals surface area (Å²) in [4.78, 5) is 1.19. The van der Waals surface area contributed by atoms with E-state index in [1.54, 1.807) is 0 Å².